The van der Waals surface area contributed by atoms with Crippen LogP contribution in [-0.2, 0) is 25.6 Å². The number of oxime groups is 1. The van der Waals surface area contributed by atoms with E-state index in [2.05, 4.69) is 35.4 Å². The molecule has 1 aromatic carbocycles. The Hall–Kier alpha value is -3.42. The van der Waals surface area contributed by atoms with Crippen molar-refractivity contribution in [3.8, 4) is 0 Å². The van der Waals surface area contributed by atoms with Crippen LogP contribution in [0, 0.1) is 34.5 Å². The number of nitrogens with zero attached hydrogens (tertiary/aromatic N) is 1. The molecule has 6 rings (SSSR count). The average molecular weight is 574 g/mol. The third-order valence-corrected chi connectivity index (χ3v) is 11.6. The van der Waals surface area contributed by atoms with Crippen LogP contribution in [0.2, 0.25) is 0 Å². The first-order chi connectivity index (χ1) is 20.1. The number of nitrogens with one attached hydrogen (secondary N) is 2. The molecular weight excluding hydrogens is 530 g/mol. The summed E-state index contributed by atoms with van der Waals surface area (Å²) in [6, 6.07) is 6.61. The van der Waals surface area contributed by atoms with Gasteiger partial charge in [0.15, 0.2) is 6.61 Å². The second kappa shape index (κ2) is 11.0. The van der Waals surface area contributed by atoms with E-state index in [1.165, 1.54) is 24.8 Å². The Balaban J connectivity index is 1.06. The van der Waals surface area contributed by atoms with Gasteiger partial charge < -0.3 is 20.2 Å². The molecule has 0 spiro atoms. The van der Waals surface area contributed by atoms with Gasteiger partial charge in [-0.25, -0.2) is 4.79 Å². The van der Waals surface area contributed by atoms with Crippen molar-refractivity contribution in [1.29, 1.82) is 0 Å². The highest BCUT2D eigenvalue weighted by molar-refractivity contribution is 5.96. The molecule has 0 aliphatic heterocycles. The molecule has 42 heavy (non-hydrogen) atoms. The summed E-state index contributed by atoms with van der Waals surface area (Å²) >= 11 is 0. The van der Waals surface area contributed by atoms with Gasteiger partial charge in [-0.3, -0.25) is 9.59 Å². The van der Waals surface area contributed by atoms with E-state index in [0.717, 1.165) is 54.3 Å². The molecular formula is C34H43N3O5. The number of para-hydroxylation sites is 1. The smallest absolute Gasteiger partial charge is 0.326 e. The van der Waals surface area contributed by atoms with Crippen molar-refractivity contribution >= 4 is 34.3 Å². The molecule has 1 amide bonds. The van der Waals surface area contributed by atoms with Gasteiger partial charge >= 0.3 is 5.97 Å². The lowest BCUT2D eigenvalue weighted by molar-refractivity contribution is -0.142. The first kappa shape index (κ1) is 28.7. The molecule has 4 aliphatic carbocycles. The number of hydrogen-bond acceptors (Lipinski definition) is 5. The number of aliphatic carboxylic acids is 1. The van der Waals surface area contributed by atoms with Gasteiger partial charge in [0, 0.05) is 29.4 Å². The quantitative estimate of drug-likeness (QED) is 0.344. The van der Waals surface area contributed by atoms with Crippen molar-refractivity contribution in [3.05, 3.63) is 47.7 Å². The summed E-state index contributed by atoms with van der Waals surface area (Å²) in [4.78, 5) is 45.5. The number of amides is 1. The molecule has 4 aliphatic rings. The van der Waals surface area contributed by atoms with Crippen molar-refractivity contribution in [1.82, 2.24) is 10.3 Å². The molecule has 1 heterocycles. The monoisotopic (exact) mass is 573 g/mol. The van der Waals surface area contributed by atoms with E-state index in [1.807, 2.05) is 24.3 Å². The van der Waals surface area contributed by atoms with E-state index in [9.17, 15) is 19.5 Å². The number of rotatable bonds is 8. The number of aromatic nitrogens is 1. The molecule has 2 aromatic rings. The normalized spacial score (nSPS) is 33.7. The third kappa shape index (κ3) is 4.96. The van der Waals surface area contributed by atoms with Crippen LogP contribution < -0.4 is 5.32 Å². The molecule has 3 saturated carbocycles. The summed E-state index contributed by atoms with van der Waals surface area (Å²) in [6.45, 7) is 6.28. The Morgan fingerprint density at radius 3 is 2.69 bits per heavy atom. The largest absolute Gasteiger partial charge is 0.480 e. The Labute approximate surface area is 247 Å². The van der Waals surface area contributed by atoms with E-state index in [0.29, 0.717) is 23.5 Å². The molecule has 0 bridgehead atoms. The number of carboxylic acids is 1. The Bertz CT molecular complexity index is 1460. The lowest BCUT2D eigenvalue weighted by Crippen LogP contribution is -2.51. The Kier molecular flexibility index (Phi) is 7.52. The number of carboxylic acid groups (broad SMARTS) is 1. The molecule has 0 saturated heterocycles. The van der Waals surface area contributed by atoms with Crippen LogP contribution in [0.25, 0.3) is 10.9 Å². The summed E-state index contributed by atoms with van der Waals surface area (Å²) in [5.41, 5.74) is 4.36. The van der Waals surface area contributed by atoms with Gasteiger partial charge in [-0.15, -0.1) is 0 Å². The van der Waals surface area contributed by atoms with Crippen LogP contribution in [0.3, 0.4) is 0 Å². The third-order valence-electron chi connectivity index (χ3n) is 11.6. The lowest BCUT2D eigenvalue weighted by Gasteiger charge is -2.58. The van der Waals surface area contributed by atoms with Crippen LogP contribution in [0.4, 0.5) is 0 Å². The SMILES string of the molecule is CC(=O)[C@H]1CC[C@H]2[C@@H]3CCC4=C/C(=N/OCC(=O)N[C@@H](Cc5c[nH]c6ccccc56)C(=O)O)CC[C@]4(C)[C@H]3CC[C@]12C. The number of hydrogen-bond donors (Lipinski definition) is 3. The van der Waals surface area contributed by atoms with Crippen molar-refractivity contribution in [2.75, 3.05) is 6.61 Å². The summed E-state index contributed by atoms with van der Waals surface area (Å²) in [6.07, 6.45) is 12.7. The Morgan fingerprint density at radius 1 is 1.10 bits per heavy atom. The number of H-pyrrole nitrogens is 1. The highest BCUT2D eigenvalue weighted by Crippen LogP contribution is 2.66. The average Bonchev–Trinajstić information content (AvgIpc) is 3.53. The molecule has 0 unspecified atom stereocenters. The molecule has 7 atom stereocenters. The van der Waals surface area contributed by atoms with Crippen molar-refractivity contribution < 1.29 is 24.3 Å². The maximum atomic E-state index is 12.6. The van der Waals surface area contributed by atoms with Crippen molar-refractivity contribution in [3.63, 3.8) is 0 Å². The van der Waals surface area contributed by atoms with Gasteiger partial charge in [-0.1, -0.05) is 42.8 Å². The van der Waals surface area contributed by atoms with E-state index >= 15 is 0 Å². The van der Waals surface area contributed by atoms with Crippen LogP contribution in [0.15, 0.2) is 47.3 Å². The van der Waals surface area contributed by atoms with E-state index in [1.54, 1.807) is 13.1 Å². The summed E-state index contributed by atoms with van der Waals surface area (Å²) in [5, 5.41) is 17.6. The zero-order chi connectivity index (χ0) is 29.6. The topological polar surface area (TPSA) is 121 Å². The van der Waals surface area contributed by atoms with Crippen LogP contribution >= 0.6 is 0 Å². The van der Waals surface area contributed by atoms with Crippen molar-refractivity contribution in [2.45, 2.75) is 84.6 Å². The predicted octanol–water partition coefficient (Wildman–Crippen LogP) is 5.82. The fraction of sp³-hybridized carbons (Fsp3) is 0.588. The van der Waals surface area contributed by atoms with Gasteiger partial charge in [-0.2, -0.15) is 0 Å². The highest BCUT2D eigenvalue weighted by atomic mass is 16.6. The molecule has 8 nitrogen and oxygen atoms in total. The number of carbonyl (C=O) groups excluding carboxylic acids is 2. The number of benzene rings is 1. The number of ketones is 1. The summed E-state index contributed by atoms with van der Waals surface area (Å²) in [5.74, 6) is 0.967. The van der Waals surface area contributed by atoms with Gasteiger partial charge in [0.2, 0.25) is 0 Å². The molecule has 3 fully saturated rings. The molecule has 8 heteroatoms. The fourth-order valence-corrected chi connectivity index (χ4v) is 9.44. The number of Topliss-reactive ketones (excluding diaryl/α,β-unsaturated/α-hetero) is 1. The molecule has 224 valence electrons. The van der Waals surface area contributed by atoms with Crippen LogP contribution in [-0.4, -0.2) is 46.1 Å². The molecule has 1 aromatic heterocycles. The van der Waals surface area contributed by atoms with Gasteiger partial charge in [0.1, 0.15) is 11.8 Å². The fourth-order valence-electron chi connectivity index (χ4n) is 9.44. The first-order valence-corrected chi connectivity index (χ1v) is 15.6. The number of fused-ring (bicyclic) bond motifs is 6. The van der Waals surface area contributed by atoms with Gasteiger partial charge in [0.25, 0.3) is 5.91 Å². The highest BCUT2D eigenvalue weighted by Gasteiger charge is 2.59. The lowest BCUT2D eigenvalue weighted by atomic mass is 9.46. The molecule has 0 radical (unpaired) electrons. The van der Waals surface area contributed by atoms with Gasteiger partial charge in [-0.05, 0) is 105 Å². The standard InChI is InChI=1S/C34H43N3O5/c1-20(38)26-10-11-27-25-9-8-22-17-23(12-14-33(22,2)28(25)13-15-34(26,27)3)37-42-19-31(39)36-30(32(40)41)16-21-18-35-29-7-5-4-6-24(21)29/h4-7,17-18,25-28,30,35H,8-16,19H2,1-3H3,(H,36,39)(H,40,41)/b37-23+/t25-,26+,27-,28-,30-,33-,34+/m0/s1. The summed E-state index contributed by atoms with van der Waals surface area (Å²) < 4.78 is 0. The van der Waals surface area contributed by atoms with Crippen molar-refractivity contribution in [2.24, 2.45) is 39.7 Å². The second-order valence-electron chi connectivity index (χ2n) is 13.7. The minimum atomic E-state index is -1.09. The summed E-state index contributed by atoms with van der Waals surface area (Å²) in [7, 11) is 0. The van der Waals surface area contributed by atoms with E-state index < -0.39 is 17.9 Å². The maximum Gasteiger partial charge on any atom is 0.326 e. The number of allylic oxidation sites excluding steroid dienone is 2. The maximum absolute atomic E-state index is 12.6. The van der Waals surface area contributed by atoms with Crippen LogP contribution in [0.5, 0.6) is 0 Å². The zero-order valence-electron chi connectivity index (χ0n) is 24.9. The first-order valence-electron chi connectivity index (χ1n) is 15.6. The Morgan fingerprint density at radius 2 is 1.90 bits per heavy atom. The number of aromatic amines is 1. The zero-order valence-corrected chi connectivity index (χ0v) is 24.9. The van der Waals surface area contributed by atoms with E-state index in [4.69, 9.17) is 4.84 Å². The number of carbonyl (C=O) groups is 3. The minimum Gasteiger partial charge on any atom is -0.480 e. The second-order valence-corrected chi connectivity index (χ2v) is 13.7. The predicted molar refractivity (Wildman–Crippen MR) is 161 cm³/mol. The van der Waals surface area contributed by atoms with Crippen LogP contribution in [0.1, 0.15) is 77.7 Å². The minimum absolute atomic E-state index is 0.145. The van der Waals surface area contributed by atoms with Gasteiger partial charge in [0.05, 0.1) is 5.71 Å². The van der Waals surface area contributed by atoms with E-state index in [-0.39, 0.29) is 29.8 Å². The molecule has 3 N–H and O–H groups in total.